The number of carbonyl (C=O) groups excluding carboxylic acids is 1. The molecule has 0 aromatic carbocycles. The maximum atomic E-state index is 11.6. The predicted molar refractivity (Wildman–Crippen MR) is 62.3 cm³/mol. The molecule has 0 heterocycles. The largest absolute Gasteiger partial charge is 0.480 e. The third-order valence-electron chi connectivity index (χ3n) is 2.66. The zero-order valence-corrected chi connectivity index (χ0v) is 10.5. The molecule has 0 rings (SSSR count). The van der Waals surface area contributed by atoms with E-state index < -0.39 is 12.0 Å². The molecule has 2 atom stereocenters. The van der Waals surface area contributed by atoms with Crippen molar-refractivity contribution in [2.45, 2.75) is 39.7 Å². The Morgan fingerprint density at radius 1 is 1.38 bits per heavy atom. The highest BCUT2D eigenvalue weighted by molar-refractivity contribution is 5.82. The van der Waals surface area contributed by atoms with Gasteiger partial charge in [-0.1, -0.05) is 27.2 Å². The normalized spacial score (nSPS) is 14.0. The Morgan fingerprint density at radius 3 is 2.31 bits per heavy atom. The molecule has 94 valence electrons. The van der Waals surface area contributed by atoms with Crippen molar-refractivity contribution in [2.24, 2.45) is 5.92 Å². The Labute approximate surface area is 96.8 Å². The number of urea groups is 1. The Morgan fingerprint density at radius 2 is 1.94 bits per heavy atom. The second kappa shape index (κ2) is 7.09. The van der Waals surface area contributed by atoms with E-state index in [1.165, 1.54) is 4.90 Å². The average molecular weight is 230 g/mol. The van der Waals surface area contributed by atoms with Crippen LogP contribution in [0.1, 0.15) is 33.6 Å². The zero-order valence-electron chi connectivity index (χ0n) is 10.5. The zero-order chi connectivity index (χ0) is 12.7. The molecule has 0 aliphatic heterocycles. The molecular weight excluding hydrogens is 208 g/mol. The number of hydrogen-bond acceptors (Lipinski definition) is 2. The molecule has 0 aromatic heterocycles. The number of aliphatic carboxylic acids is 1. The highest BCUT2D eigenvalue weighted by Crippen LogP contribution is 2.08. The quantitative estimate of drug-likeness (QED) is 0.727. The van der Waals surface area contributed by atoms with Crippen molar-refractivity contribution in [1.82, 2.24) is 10.2 Å². The van der Waals surface area contributed by atoms with Gasteiger partial charge in [0, 0.05) is 13.6 Å². The molecule has 0 spiro atoms. The van der Waals surface area contributed by atoms with E-state index in [9.17, 15) is 9.59 Å². The first-order valence-electron chi connectivity index (χ1n) is 5.68. The molecule has 5 heteroatoms. The molecule has 16 heavy (non-hydrogen) atoms. The van der Waals surface area contributed by atoms with E-state index in [4.69, 9.17) is 5.11 Å². The fourth-order valence-corrected chi connectivity index (χ4v) is 1.36. The van der Waals surface area contributed by atoms with Crippen molar-refractivity contribution in [3.63, 3.8) is 0 Å². The second-order valence-corrected chi connectivity index (χ2v) is 4.07. The van der Waals surface area contributed by atoms with Gasteiger partial charge in [-0.15, -0.1) is 0 Å². The number of carboxylic acids is 1. The third-order valence-corrected chi connectivity index (χ3v) is 2.66. The summed E-state index contributed by atoms with van der Waals surface area (Å²) in [5.74, 6) is -1.05. The summed E-state index contributed by atoms with van der Waals surface area (Å²) in [7, 11) is 1.66. The maximum Gasteiger partial charge on any atom is 0.326 e. The van der Waals surface area contributed by atoms with Gasteiger partial charge in [-0.05, 0) is 12.3 Å². The van der Waals surface area contributed by atoms with E-state index in [0.717, 1.165) is 12.8 Å². The Bertz CT molecular complexity index is 243. The fourth-order valence-electron chi connectivity index (χ4n) is 1.36. The molecule has 2 amide bonds. The molecule has 0 fully saturated rings. The number of nitrogens with zero attached hydrogens (tertiary/aromatic N) is 1. The molecule has 0 aliphatic rings. The summed E-state index contributed by atoms with van der Waals surface area (Å²) >= 11 is 0. The summed E-state index contributed by atoms with van der Waals surface area (Å²) in [5, 5.41) is 11.5. The number of hydrogen-bond donors (Lipinski definition) is 2. The van der Waals surface area contributed by atoms with E-state index in [1.807, 2.05) is 20.8 Å². The first-order valence-corrected chi connectivity index (χ1v) is 5.68. The Balaban J connectivity index is 4.40. The van der Waals surface area contributed by atoms with E-state index in [0.29, 0.717) is 6.54 Å². The van der Waals surface area contributed by atoms with Crippen LogP contribution in [0.3, 0.4) is 0 Å². The van der Waals surface area contributed by atoms with Crippen LogP contribution in [0.4, 0.5) is 4.79 Å². The maximum absolute atomic E-state index is 11.6. The molecule has 0 bridgehead atoms. The Hall–Kier alpha value is -1.26. The van der Waals surface area contributed by atoms with Crippen molar-refractivity contribution >= 4 is 12.0 Å². The van der Waals surface area contributed by atoms with Gasteiger partial charge in [-0.2, -0.15) is 0 Å². The van der Waals surface area contributed by atoms with E-state index in [1.54, 1.807) is 7.05 Å². The minimum Gasteiger partial charge on any atom is -0.480 e. The number of rotatable bonds is 6. The topological polar surface area (TPSA) is 69.6 Å². The molecule has 0 radical (unpaired) electrons. The summed E-state index contributed by atoms with van der Waals surface area (Å²) in [4.78, 5) is 24.1. The first-order chi connectivity index (χ1) is 7.43. The SMILES string of the molecule is CCCN(C)C(=O)N[C@H](C(=O)O)C(C)CC. The van der Waals surface area contributed by atoms with Crippen LogP contribution in [0, 0.1) is 5.92 Å². The lowest BCUT2D eigenvalue weighted by Gasteiger charge is -2.24. The Kier molecular flexibility index (Phi) is 6.53. The van der Waals surface area contributed by atoms with Gasteiger partial charge < -0.3 is 15.3 Å². The van der Waals surface area contributed by atoms with Crippen LogP contribution in [-0.2, 0) is 4.79 Å². The number of carboxylic acid groups (broad SMARTS) is 1. The average Bonchev–Trinajstić information content (AvgIpc) is 2.24. The van der Waals surface area contributed by atoms with Crippen molar-refractivity contribution < 1.29 is 14.7 Å². The number of amides is 2. The fraction of sp³-hybridized carbons (Fsp3) is 0.818. The van der Waals surface area contributed by atoms with E-state index in [-0.39, 0.29) is 11.9 Å². The first kappa shape index (κ1) is 14.7. The lowest BCUT2D eigenvalue weighted by Crippen LogP contribution is -2.49. The summed E-state index contributed by atoms with van der Waals surface area (Å²) < 4.78 is 0. The van der Waals surface area contributed by atoms with Gasteiger partial charge >= 0.3 is 12.0 Å². The van der Waals surface area contributed by atoms with Gasteiger partial charge in [-0.25, -0.2) is 9.59 Å². The molecule has 0 saturated heterocycles. The van der Waals surface area contributed by atoms with E-state index in [2.05, 4.69) is 5.32 Å². The minimum absolute atomic E-state index is 0.0727. The van der Waals surface area contributed by atoms with Crippen LogP contribution in [0.15, 0.2) is 0 Å². The van der Waals surface area contributed by atoms with Crippen molar-refractivity contribution in [3.05, 3.63) is 0 Å². The summed E-state index contributed by atoms with van der Waals surface area (Å²) in [6.45, 7) is 6.31. The molecule has 0 saturated carbocycles. The van der Waals surface area contributed by atoms with Crippen LogP contribution in [0.25, 0.3) is 0 Å². The van der Waals surface area contributed by atoms with Gasteiger partial charge in [0.05, 0.1) is 0 Å². The highest BCUT2D eigenvalue weighted by atomic mass is 16.4. The van der Waals surface area contributed by atoms with Crippen molar-refractivity contribution in [3.8, 4) is 0 Å². The van der Waals surface area contributed by atoms with Crippen LogP contribution < -0.4 is 5.32 Å². The van der Waals surface area contributed by atoms with Crippen LogP contribution in [0.5, 0.6) is 0 Å². The monoisotopic (exact) mass is 230 g/mol. The third kappa shape index (κ3) is 4.51. The molecule has 2 N–H and O–H groups in total. The van der Waals surface area contributed by atoms with Gasteiger partial charge in [0.15, 0.2) is 0 Å². The second-order valence-electron chi connectivity index (χ2n) is 4.07. The lowest BCUT2D eigenvalue weighted by atomic mass is 9.99. The molecule has 0 aromatic rings. The molecule has 1 unspecified atom stereocenters. The van der Waals surface area contributed by atoms with Crippen LogP contribution in [-0.4, -0.2) is 41.6 Å². The van der Waals surface area contributed by atoms with E-state index >= 15 is 0 Å². The summed E-state index contributed by atoms with van der Waals surface area (Å²) in [6, 6.07) is -1.13. The van der Waals surface area contributed by atoms with Crippen molar-refractivity contribution in [2.75, 3.05) is 13.6 Å². The molecule has 5 nitrogen and oxygen atoms in total. The molecule has 0 aliphatic carbocycles. The number of carbonyl (C=O) groups is 2. The van der Waals surface area contributed by atoms with Gasteiger partial charge in [0.25, 0.3) is 0 Å². The summed E-state index contributed by atoms with van der Waals surface area (Å²) in [6.07, 6.45) is 1.57. The van der Waals surface area contributed by atoms with Crippen LogP contribution in [0.2, 0.25) is 0 Å². The molecular formula is C11H22N2O3. The van der Waals surface area contributed by atoms with Gasteiger partial charge in [0.2, 0.25) is 0 Å². The smallest absolute Gasteiger partial charge is 0.326 e. The summed E-state index contributed by atoms with van der Waals surface area (Å²) in [5.41, 5.74) is 0. The predicted octanol–water partition coefficient (Wildman–Crippen LogP) is 1.54. The van der Waals surface area contributed by atoms with Crippen LogP contribution >= 0.6 is 0 Å². The van der Waals surface area contributed by atoms with Gasteiger partial charge in [0.1, 0.15) is 6.04 Å². The number of nitrogens with one attached hydrogen (secondary N) is 1. The lowest BCUT2D eigenvalue weighted by molar-refractivity contribution is -0.140. The van der Waals surface area contributed by atoms with Crippen molar-refractivity contribution in [1.29, 1.82) is 0 Å². The standard InChI is InChI=1S/C11H22N2O3/c1-5-7-13(4)11(16)12-9(10(14)15)8(3)6-2/h8-9H,5-7H2,1-4H3,(H,12,16)(H,14,15)/t8?,9-/m0/s1. The van der Waals surface area contributed by atoms with Gasteiger partial charge in [-0.3, -0.25) is 0 Å². The minimum atomic E-state index is -0.979. The highest BCUT2D eigenvalue weighted by Gasteiger charge is 2.26.